The molecule has 0 unspecified atom stereocenters. The van der Waals surface area contributed by atoms with E-state index in [0.717, 1.165) is 48.0 Å². The van der Waals surface area contributed by atoms with Crippen LogP contribution in [0.3, 0.4) is 0 Å². The summed E-state index contributed by atoms with van der Waals surface area (Å²) in [6.07, 6.45) is 3.07. The molecule has 1 N–H and O–H groups in total. The molecule has 3 aliphatic rings. The zero-order valence-corrected chi connectivity index (χ0v) is 16.6. The fraction of sp³-hybridized carbons (Fsp3) is 0.545. The number of carbonyl (C=O) groups is 2. The number of ether oxygens (including phenoxy) is 2. The maximum Gasteiger partial charge on any atom is 0.319 e. The van der Waals surface area contributed by atoms with Crippen LogP contribution < -0.4 is 10.1 Å². The summed E-state index contributed by atoms with van der Waals surface area (Å²) in [5, 5.41) is 4.71. The standard InChI is InChI=1S/C22H26N2O4/c1-4-12-9-13-11-22(21(26)28-3)18(12)23-8-7-16-15-6-5-14(27-2)10-17(15)24(19(16)22)20(13)25/h5-6,10,12-13,18,23H,4,7-9,11H2,1-3H3/t12-,13-,18+,22-/m0/s1. The third-order valence-electron chi connectivity index (χ3n) is 7.24. The summed E-state index contributed by atoms with van der Waals surface area (Å²) in [5.41, 5.74) is 1.99. The summed E-state index contributed by atoms with van der Waals surface area (Å²) in [6, 6.07) is 5.86. The highest BCUT2D eigenvalue weighted by molar-refractivity contribution is 6.03. The van der Waals surface area contributed by atoms with E-state index in [1.54, 1.807) is 7.11 Å². The highest BCUT2D eigenvalue weighted by Gasteiger charge is 2.62. The molecule has 148 valence electrons. The number of carbonyl (C=O) groups excluding carboxylic acids is 2. The minimum atomic E-state index is -0.815. The van der Waals surface area contributed by atoms with E-state index < -0.39 is 5.41 Å². The van der Waals surface area contributed by atoms with Gasteiger partial charge in [0.15, 0.2) is 0 Å². The lowest BCUT2D eigenvalue weighted by atomic mass is 9.57. The number of benzene rings is 1. The predicted octanol–water partition coefficient (Wildman–Crippen LogP) is 2.67. The van der Waals surface area contributed by atoms with Crippen LogP contribution in [0.25, 0.3) is 10.9 Å². The summed E-state index contributed by atoms with van der Waals surface area (Å²) < 4.78 is 12.6. The van der Waals surface area contributed by atoms with Crippen LogP contribution in [-0.4, -0.2) is 43.2 Å². The molecular formula is C22H26N2O4. The summed E-state index contributed by atoms with van der Waals surface area (Å²) in [5.74, 6) is 0.710. The van der Waals surface area contributed by atoms with Gasteiger partial charge in [-0.2, -0.15) is 0 Å². The van der Waals surface area contributed by atoms with Crippen LogP contribution in [0.5, 0.6) is 5.75 Å². The number of hydrogen-bond donors (Lipinski definition) is 1. The predicted molar refractivity (Wildman–Crippen MR) is 105 cm³/mol. The third-order valence-corrected chi connectivity index (χ3v) is 7.24. The molecule has 1 fully saturated rings. The highest BCUT2D eigenvalue weighted by Crippen LogP contribution is 2.54. The Kier molecular flexibility index (Phi) is 3.85. The number of fused-ring (bicyclic) bond motifs is 4. The van der Waals surface area contributed by atoms with Crippen LogP contribution in [0.15, 0.2) is 18.2 Å². The Hall–Kier alpha value is -2.34. The molecule has 0 radical (unpaired) electrons. The topological polar surface area (TPSA) is 69.6 Å². The Morgan fingerprint density at radius 2 is 2.18 bits per heavy atom. The average Bonchev–Trinajstić information content (AvgIpc) is 2.93. The fourth-order valence-electron chi connectivity index (χ4n) is 6.11. The SMILES string of the molecule is CC[C@H]1C[C@H]2C[C@@]3(C(=O)OC)c4c(c5ccc(OC)cc5n4C2=O)CCN[C@H]13. The molecule has 5 rings (SSSR count). The van der Waals surface area contributed by atoms with E-state index in [9.17, 15) is 9.59 Å². The van der Waals surface area contributed by atoms with E-state index in [2.05, 4.69) is 12.2 Å². The number of nitrogens with one attached hydrogen (secondary N) is 1. The summed E-state index contributed by atoms with van der Waals surface area (Å²) in [7, 11) is 3.09. The summed E-state index contributed by atoms with van der Waals surface area (Å²) in [4.78, 5) is 26.9. The van der Waals surface area contributed by atoms with Crippen molar-refractivity contribution in [1.82, 2.24) is 9.88 Å². The van der Waals surface area contributed by atoms with Crippen LogP contribution in [-0.2, 0) is 21.4 Å². The van der Waals surface area contributed by atoms with Gasteiger partial charge in [0.2, 0.25) is 5.91 Å². The van der Waals surface area contributed by atoms with Gasteiger partial charge in [-0.1, -0.05) is 13.3 Å². The maximum absolute atomic E-state index is 13.6. The Labute approximate surface area is 164 Å². The minimum absolute atomic E-state index is 0.0134. The number of hydrogen-bond acceptors (Lipinski definition) is 5. The van der Waals surface area contributed by atoms with E-state index in [4.69, 9.17) is 9.47 Å². The zero-order chi connectivity index (χ0) is 19.6. The Balaban J connectivity index is 1.91. The van der Waals surface area contributed by atoms with Crippen LogP contribution >= 0.6 is 0 Å². The fourth-order valence-corrected chi connectivity index (χ4v) is 6.11. The second kappa shape index (κ2) is 6.08. The quantitative estimate of drug-likeness (QED) is 0.827. The number of rotatable bonds is 3. The first kappa shape index (κ1) is 17.7. The maximum atomic E-state index is 13.6. The average molecular weight is 382 g/mol. The second-order valence-electron chi connectivity index (χ2n) is 8.33. The summed E-state index contributed by atoms with van der Waals surface area (Å²) in [6.45, 7) is 2.94. The molecule has 0 amide bonds. The van der Waals surface area contributed by atoms with Gasteiger partial charge in [-0.15, -0.1) is 0 Å². The molecule has 0 spiro atoms. The number of aromatic nitrogens is 1. The molecule has 1 aromatic heterocycles. The number of methoxy groups -OCH3 is 2. The molecule has 2 aliphatic heterocycles. The molecule has 1 saturated carbocycles. The number of esters is 1. The van der Waals surface area contributed by atoms with Crippen molar-refractivity contribution in [3.63, 3.8) is 0 Å². The van der Waals surface area contributed by atoms with Crippen LogP contribution in [0.1, 0.15) is 42.2 Å². The first-order valence-corrected chi connectivity index (χ1v) is 10.1. The largest absolute Gasteiger partial charge is 0.497 e. The number of nitrogens with zero attached hydrogens (tertiary/aromatic N) is 1. The van der Waals surface area contributed by atoms with E-state index in [0.29, 0.717) is 12.2 Å². The smallest absolute Gasteiger partial charge is 0.319 e. The second-order valence-corrected chi connectivity index (χ2v) is 8.33. The van der Waals surface area contributed by atoms with Crippen LogP contribution in [0.4, 0.5) is 0 Å². The van der Waals surface area contributed by atoms with Crippen molar-refractivity contribution >= 4 is 22.8 Å². The molecule has 4 atom stereocenters. The van der Waals surface area contributed by atoms with E-state index in [1.165, 1.54) is 7.11 Å². The van der Waals surface area contributed by atoms with E-state index in [1.807, 2.05) is 22.8 Å². The van der Waals surface area contributed by atoms with Gasteiger partial charge < -0.3 is 14.8 Å². The first-order valence-electron chi connectivity index (χ1n) is 10.1. The van der Waals surface area contributed by atoms with Gasteiger partial charge in [0, 0.05) is 29.1 Å². The van der Waals surface area contributed by atoms with Crippen molar-refractivity contribution in [3.05, 3.63) is 29.5 Å². The van der Waals surface area contributed by atoms with Crippen molar-refractivity contribution < 1.29 is 19.1 Å². The van der Waals surface area contributed by atoms with Gasteiger partial charge in [0.05, 0.1) is 19.7 Å². The third kappa shape index (κ3) is 2.01. The van der Waals surface area contributed by atoms with Crippen molar-refractivity contribution in [2.45, 2.75) is 44.1 Å². The molecule has 0 saturated heterocycles. The van der Waals surface area contributed by atoms with E-state index >= 15 is 0 Å². The van der Waals surface area contributed by atoms with Crippen LogP contribution in [0.2, 0.25) is 0 Å². The van der Waals surface area contributed by atoms with Crippen molar-refractivity contribution in [3.8, 4) is 5.75 Å². The Morgan fingerprint density at radius 3 is 2.89 bits per heavy atom. The van der Waals surface area contributed by atoms with Gasteiger partial charge in [0.1, 0.15) is 11.2 Å². The first-order chi connectivity index (χ1) is 13.6. The van der Waals surface area contributed by atoms with Gasteiger partial charge in [-0.3, -0.25) is 14.2 Å². The summed E-state index contributed by atoms with van der Waals surface area (Å²) >= 11 is 0. The van der Waals surface area contributed by atoms with Gasteiger partial charge in [0.25, 0.3) is 0 Å². The molecule has 6 nitrogen and oxygen atoms in total. The lowest BCUT2D eigenvalue weighted by Crippen LogP contribution is -2.64. The van der Waals surface area contributed by atoms with Gasteiger partial charge in [-0.05, 0) is 49.4 Å². The Morgan fingerprint density at radius 1 is 1.36 bits per heavy atom. The van der Waals surface area contributed by atoms with Crippen molar-refractivity contribution in [2.24, 2.45) is 11.8 Å². The monoisotopic (exact) mass is 382 g/mol. The molecule has 2 aromatic rings. The molecule has 6 heteroatoms. The molecular weight excluding hydrogens is 356 g/mol. The zero-order valence-electron chi connectivity index (χ0n) is 16.6. The normalized spacial score (nSPS) is 30.8. The molecule has 3 heterocycles. The Bertz CT molecular complexity index is 994. The minimum Gasteiger partial charge on any atom is -0.497 e. The lowest BCUT2D eigenvalue weighted by Gasteiger charge is -2.51. The van der Waals surface area contributed by atoms with Crippen molar-refractivity contribution in [1.29, 1.82) is 0 Å². The van der Waals surface area contributed by atoms with Gasteiger partial charge >= 0.3 is 5.97 Å². The molecule has 1 aliphatic carbocycles. The molecule has 28 heavy (non-hydrogen) atoms. The van der Waals surface area contributed by atoms with Crippen LogP contribution in [0, 0.1) is 11.8 Å². The van der Waals surface area contributed by atoms with E-state index in [-0.39, 0.29) is 29.8 Å². The van der Waals surface area contributed by atoms with Gasteiger partial charge in [-0.25, -0.2) is 0 Å². The lowest BCUT2D eigenvalue weighted by molar-refractivity contribution is -0.153. The van der Waals surface area contributed by atoms with Crippen molar-refractivity contribution in [2.75, 3.05) is 20.8 Å². The molecule has 1 aromatic carbocycles. The molecule has 2 bridgehead atoms. The highest BCUT2D eigenvalue weighted by atomic mass is 16.5.